The van der Waals surface area contributed by atoms with E-state index in [9.17, 15) is 9.59 Å². The number of fused-ring (bicyclic) bond motifs is 1. The highest BCUT2D eigenvalue weighted by molar-refractivity contribution is 5.92. The molecule has 0 radical (unpaired) electrons. The van der Waals surface area contributed by atoms with Gasteiger partial charge in [0.1, 0.15) is 0 Å². The molecule has 1 atom stereocenters. The summed E-state index contributed by atoms with van der Waals surface area (Å²) in [5.41, 5.74) is 2.25. The average molecular weight is 341 g/mol. The van der Waals surface area contributed by atoms with Crippen molar-refractivity contribution < 1.29 is 23.8 Å². The maximum absolute atomic E-state index is 12.1. The molecule has 0 saturated heterocycles. The molecule has 0 bridgehead atoms. The van der Waals surface area contributed by atoms with Gasteiger partial charge in [-0.1, -0.05) is 23.8 Å². The van der Waals surface area contributed by atoms with E-state index in [1.54, 1.807) is 31.2 Å². The summed E-state index contributed by atoms with van der Waals surface area (Å²) in [5.74, 6) is 0.467. The second kappa shape index (κ2) is 7.25. The Morgan fingerprint density at radius 2 is 1.96 bits per heavy atom. The normalized spacial score (nSPS) is 13.2. The molecule has 0 aromatic heterocycles. The van der Waals surface area contributed by atoms with Gasteiger partial charge in [-0.05, 0) is 43.7 Å². The molecule has 1 aliphatic heterocycles. The Morgan fingerprint density at radius 3 is 2.76 bits per heavy atom. The molecule has 6 nitrogen and oxygen atoms in total. The highest BCUT2D eigenvalue weighted by Crippen LogP contribution is 2.32. The lowest BCUT2D eigenvalue weighted by atomic mass is 10.1. The Kier molecular flexibility index (Phi) is 4.88. The number of amides is 1. The molecule has 6 heteroatoms. The van der Waals surface area contributed by atoms with E-state index >= 15 is 0 Å². The van der Waals surface area contributed by atoms with Crippen molar-refractivity contribution in [1.29, 1.82) is 0 Å². The SMILES string of the molecule is Cc1cccc(C(=O)O[C@@H](C)C(=O)NCc2ccc3c(c2)OCO3)c1. The minimum atomic E-state index is -0.887. The molecule has 3 rings (SSSR count). The zero-order valence-corrected chi connectivity index (χ0v) is 14.1. The predicted octanol–water partition coefficient (Wildman–Crippen LogP) is 2.59. The lowest BCUT2D eigenvalue weighted by Crippen LogP contribution is -2.35. The second-order valence-corrected chi connectivity index (χ2v) is 5.82. The third-order valence-corrected chi connectivity index (χ3v) is 3.81. The third-order valence-electron chi connectivity index (χ3n) is 3.81. The molecule has 0 fully saturated rings. The van der Waals surface area contributed by atoms with Gasteiger partial charge in [-0.25, -0.2) is 4.79 Å². The summed E-state index contributed by atoms with van der Waals surface area (Å²) in [6.07, 6.45) is -0.887. The van der Waals surface area contributed by atoms with Crippen LogP contribution in [0.2, 0.25) is 0 Å². The van der Waals surface area contributed by atoms with Crippen LogP contribution in [0.3, 0.4) is 0 Å². The van der Waals surface area contributed by atoms with E-state index < -0.39 is 12.1 Å². The van der Waals surface area contributed by atoms with E-state index in [1.807, 2.05) is 25.1 Å². The fourth-order valence-electron chi connectivity index (χ4n) is 2.44. The van der Waals surface area contributed by atoms with E-state index in [0.29, 0.717) is 23.6 Å². The molecule has 2 aromatic carbocycles. The minimum absolute atomic E-state index is 0.205. The van der Waals surface area contributed by atoms with Crippen molar-refractivity contribution in [2.75, 3.05) is 6.79 Å². The minimum Gasteiger partial charge on any atom is -0.454 e. The quantitative estimate of drug-likeness (QED) is 0.846. The Morgan fingerprint density at radius 1 is 1.16 bits per heavy atom. The van der Waals surface area contributed by atoms with Crippen molar-refractivity contribution in [2.45, 2.75) is 26.5 Å². The Balaban J connectivity index is 1.53. The fourth-order valence-corrected chi connectivity index (χ4v) is 2.44. The summed E-state index contributed by atoms with van der Waals surface area (Å²) in [5, 5.41) is 2.75. The molecular formula is C19H19NO5. The maximum Gasteiger partial charge on any atom is 0.338 e. The molecule has 25 heavy (non-hydrogen) atoms. The first kappa shape index (κ1) is 16.8. The van der Waals surface area contributed by atoms with E-state index in [2.05, 4.69) is 5.32 Å². The molecule has 0 unspecified atom stereocenters. The van der Waals surface area contributed by atoms with Gasteiger partial charge < -0.3 is 19.5 Å². The first-order chi connectivity index (χ1) is 12.0. The standard InChI is InChI=1S/C19H19NO5/c1-12-4-3-5-15(8-12)19(22)25-13(2)18(21)20-10-14-6-7-16-17(9-14)24-11-23-16/h3-9,13H,10-11H2,1-2H3,(H,20,21)/t13-/m0/s1. The van der Waals surface area contributed by atoms with Gasteiger partial charge in [0, 0.05) is 6.54 Å². The van der Waals surface area contributed by atoms with Crippen LogP contribution in [0.25, 0.3) is 0 Å². The fraction of sp³-hybridized carbons (Fsp3) is 0.263. The topological polar surface area (TPSA) is 73.9 Å². The van der Waals surface area contributed by atoms with Crippen molar-refractivity contribution in [3.63, 3.8) is 0 Å². The van der Waals surface area contributed by atoms with Gasteiger partial charge in [0.05, 0.1) is 5.56 Å². The summed E-state index contributed by atoms with van der Waals surface area (Å²) in [4.78, 5) is 24.2. The Bertz CT molecular complexity index is 802. The number of benzene rings is 2. The van der Waals surface area contributed by atoms with Crippen LogP contribution in [-0.4, -0.2) is 24.8 Å². The number of carbonyl (C=O) groups excluding carboxylic acids is 2. The van der Waals surface area contributed by atoms with Crippen molar-refractivity contribution in [3.05, 3.63) is 59.2 Å². The molecule has 0 saturated carbocycles. The molecule has 0 aliphatic carbocycles. The zero-order chi connectivity index (χ0) is 17.8. The van der Waals surface area contributed by atoms with E-state index in [-0.39, 0.29) is 12.7 Å². The van der Waals surface area contributed by atoms with Gasteiger partial charge in [-0.15, -0.1) is 0 Å². The van der Waals surface area contributed by atoms with E-state index in [0.717, 1.165) is 11.1 Å². The van der Waals surface area contributed by atoms with Crippen molar-refractivity contribution in [2.24, 2.45) is 0 Å². The second-order valence-electron chi connectivity index (χ2n) is 5.82. The van der Waals surface area contributed by atoms with Crippen LogP contribution >= 0.6 is 0 Å². The zero-order valence-electron chi connectivity index (χ0n) is 14.1. The number of nitrogens with one attached hydrogen (secondary N) is 1. The average Bonchev–Trinajstić information content (AvgIpc) is 3.07. The maximum atomic E-state index is 12.1. The highest BCUT2D eigenvalue weighted by atomic mass is 16.7. The number of hydrogen-bond acceptors (Lipinski definition) is 5. The molecule has 2 aromatic rings. The summed E-state index contributed by atoms with van der Waals surface area (Å²) in [7, 11) is 0. The van der Waals surface area contributed by atoms with Crippen LogP contribution in [0.4, 0.5) is 0 Å². The van der Waals surface area contributed by atoms with Gasteiger partial charge in [0.2, 0.25) is 6.79 Å². The van der Waals surface area contributed by atoms with Crippen LogP contribution < -0.4 is 14.8 Å². The summed E-state index contributed by atoms with van der Waals surface area (Å²) in [6.45, 7) is 3.94. The highest BCUT2D eigenvalue weighted by Gasteiger charge is 2.19. The molecule has 1 aliphatic rings. The smallest absolute Gasteiger partial charge is 0.338 e. The number of rotatable bonds is 5. The van der Waals surface area contributed by atoms with Gasteiger partial charge in [-0.3, -0.25) is 4.79 Å². The van der Waals surface area contributed by atoms with Crippen molar-refractivity contribution in [1.82, 2.24) is 5.32 Å². The van der Waals surface area contributed by atoms with Crippen molar-refractivity contribution in [3.8, 4) is 11.5 Å². The monoisotopic (exact) mass is 341 g/mol. The number of ether oxygens (including phenoxy) is 3. The van der Waals surface area contributed by atoms with Crippen LogP contribution in [-0.2, 0) is 16.1 Å². The number of aryl methyl sites for hydroxylation is 1. The Labute approximate surface area is 145 Å². The molecule has 1 heterocycles. The van der Waals surface area contributed by atoms with Crippen molar-refractivity contribution >= 4 is 11.9 Å². The van der Waals surface area contributed by atoms with Gasteiger partial charge in [0.15, 0.2) is 17.6 Å². The summed E-state index contributed by atoms with van der Waals surface area (Å²) < 4.78 is 15.8. The van der Waals surface area contributed by atoms with Gasteiger partial charge in [-0.2, -0.15) is 0 Å². The van der Waals surface area contributed by atoms with Crippen LogP contribution in [0.15, 0.2) is 42.5 Å². The number of esters is 1. The van der Waals surface area contributed by atoms with Gasteiger partial charge >= 0.3 is 5.97 Å². The summed E-state index contributed by atoms with van der Waals surface area (Å²) >= 11 is 0. The number of carbonyl (C=O) groups is 2. The van der Waals surface area contributed by atoms with E-state index in [1.165, 1.54) is 0 Å². The molecule has 130 valence electrons. The summed E-state index contributed by atoms with van der Waals surface area (Å²) in [6, 6.07) is 12.5. The van der Waals surface area contributed by atoms with Crippen LogP contribution in [0, 0.1) is 6.92 Å². The predicted molar refractivity (Wildman–Crippen MR) is 90.5 cm³/mol. The third kappa shape index (κ3) is 4.09. The van der Waals surface area contributed by atoms with E-state index in [4.69, 9.17) is 14.2 Å². The molecule has 0 spiro atoms. The van der Waals surface area contributed by atoms with Crippen LogP contribution in [0.1, 0.15) is 28.4 Å². The lowest BCUT2D eigenvalue weighted by Gasteiger charge is -2.14. The largest absolute Gasteiger partial charge is 0.454 e. The first-order valence-electron chi connectivity index (χ1n) is 7.97. The first-order valence-corrected chi connectivity index (χ1v) is 7.97. The van der Waals surface area contributed by atoms with Gasteiger partial charge in [0.25, 0.3) is 5.91 Å². The Hall–Kier alpha value is -3.02. The van der Waals surface area contributed by atoms with Crippen LogP contribution in [0.5, 0.6) is 11.5 Å². The molecular weight excluding hydrogens is 322 g/mol. The molecule has 1 N–H and O–H groups in total. The lowest BCUT2D eigenvalue weighted by molar-refractivity contribution is -0.129. The molecule has 1 amide bonds. The number of hydrogen-bond donors (Lipinski definition) is 1.